The van der Waals surface area contributed by atoms with Gasteiger partial charge in [0.25, 0.3) is 5.69 Å². The van der Waals surface area contributed by atoms with E-state index in [1.54, 1.807) is 0 Å². The molecule has 14 heavy (non-hydrogen) atoms. The van der Waals surface area contributed by atoms with Gasteiger partial charge in [-0.25, -0.2) is 4.39 Å². The van der Waals surface area contributed by atoms with Crippen LogP contribution in [0.1, 0.15) is 11.7 Å². The largest absolute Gasteiger partial charge is 0.327 e. The summed E-state index contributed by atoms with van der Waals surface area (Å²) in [5.74, 6) is 0. The summed E-state index contributed by atoms with van der Waals surface area (Å²) in [6.07, 6.45) is -1.38. The van der Waals surface area contributed by atoms with Crippen LogP contribution in [0.2, 0.25) is 0 Å². The van der Waals surface area contributed by atoms with Gasteiger partial charge in [0.05, 0.1) is 4.92 Å². The second-order valence-electron chi connectivity index (χ2n) is 2.64. The smallest absolute Gasteiger partial charge is 0.283 e. The first kappa shape index (κ1) is 11.1. The summed E-state index contributed by atoms with van der Waals surface area (Å²) in [6.45, 7) is -0.195. The van der Waals surface area contributed by atoms with E-state index in [9.17, 15) is 14.5 Å². The van der Waals surface area contributed by atoms with E-state index in [1.165, 1.54) is 18.2 Å². The molecule has 0 aromatic heterocycles. The zero-order valence-electron chi connectivity index (χ0n) is 7.11. The van der Waals surface area contributed by atoms with Gasteiger partial charge < -0.3 is 5.73 Å². The molecule has 1 rings (SSSR count). The second kappa shape index (κ2) is 4.47. The van der Waals surface area contributed by atoms with E-state index in [0.29, 0.717) is 0 Å². The highest BCUT2D eigenvalue weighted by atomic mass is 79.9. The second-order valence-corrected chi connectivity index (χ2v) is 3.43. The molecule has 6 heteroatoms. The molecule has 1 atom stereocenters. The zero-order chi connectivity index (χ0) is 10.7. The van der Waals surface area contributed by atoms with Gasteiger partial charge in [-0.2, -0.15) is 0 Å². The average Bonchev–Trinajstić information content (AvgIpc) is 2.16. The van der Waals surface area contributed by atoms with Crippen molar-refractivity contribution in [1.29, 1.82) is 0 Å². The fraction of sp³-hybridized carbons (Fsp3) is 0.250. The van der Waals surface area contributed by atoms with Crippen LogP contribution in [0.3, 0.4) is 0 Å². The number of nitro groups is 1. The lowest BCUT2D eigenvalue weighted by Crippen LogP contribution is -2.08. The molecule has 1 unspecified atom stereocenters. The maximum absolute atomic E-state index is 13.2. The molecule has 0 amide bonds. The molecule has 0 saturated carbocycles. The normalized spacial score (nSPS) is 12.5. The molecule has 1 aromatic rings. The average molecular weight is 263 g/mol. The Kier molecular flexibility index (Phi) is 3.54. The van der Waals surface area contributed by atoms with Crippen molar-refractivity contribution in [3.8, 4) is 0 Å². The number of hydrogen-bond donors (Lipinski definition) is 1. The van der Waals surface area contributed by atoms with Gasteiger partial charge in [0.15, 0.2) is 0 Å². The van der Waals surface area contributed by atoms with Crippen LogP contribution in [-0.4, -0.2) is 11.5 Å². The van der Waals surface area contributed by atoms with Crippen molar-refractivity contribution in [2.45, 2.75) is 6.17 Å². The Morgan fingerprint density at radius 1 is 1.64 bits per heavy atom. The Labute approximate surface area is 88.2 Å². The molecule has 0 fully saturated rings. The molecular weight excluding hydrogens is 255 g/mol. The van der Waals surface area contributed by atoms with E-state index in [1.807, 2.05) is 0 Å². The minimum absolute atomic E-state index is 0.154. The summed E-state index contributed by atoms with van der Waals surface area (Å²) >= 11 is 2.99. The fourth-order valence-electron chi connectivity index (χ4n) is 1.05. The molecule has 4 nitrogen and oxygen atoms in total. The van der Waals surface area contributed by atoms with Crippen LogP contribution in [-0.2, 0) is 0 Å². The minimum atomic E-state index is -1.38. The minimum Gasteiger partial charge on any atom is -0.327 e. The summed E-state index contributed by atoms with van der Waals surface area (Å²) in [4.78, 5) is 9.93. The topological polar surface area (TPSA) is 69.2 Å². The van der Waals surface area contributed by atoms with Gasteiger partial charge in [0.2, 0.25) is 0 Å². The molecule has 0 aliphatic heterocycles. The highest BCUT2D eigenvalue weighted by Crippen LogP contribution is 2.32. The first-order valence-corrected chi connectivity index (χ1v) is 4.64. The van der Waals surface area contributed by atoms with Crippen LogP contribution in [0.15, 0.2) is 22.7 Å². The van der Waals surface area contributed by atoms with E-state index >= 15 is 0 Å². The van der Waals surface area contributed by atoms with Gasteiger partial charge in [-0.1, -0.05) is 12.1 Å². The molecular formula is C8H8BrFN2O2. The lowest BCUT2D eigenvalue weighted by molar-refractivity contribution is -0.385. The van der Waals surface area contributed by atoms with E-state index < -0.39 is 11.1 Å². The third-order valence-corrected chi connectivity index (χ3v) is 2.61. The quantitative estimate of drug-likeness (QED) is 0.672. The van der Waals surface area contributed by atoms with Crippen molar-refractivity contribution in [1.82, 2.24) is 0 Å². The number of halogens is 2. The van der Waals surface area contributed by atoms with Crippen molar-refractivity contribution >= 4 is 21.6 Å². The monoisotopic (exact) mass is 262 g/mol. The predicted octanol–water partition coefficient (Wildman–Crippen LogP) is 2.33. The first-order valence-electron chi connectivity index (χ1n) is 3.85. The summed E-state index contributed by atoms with van der Waals surface area (Å²) in [5, 5.41) is 10.5. The van der Waals surface area contributed by atoms with Crippen LogP contribution in [0, 0.1) is 10.1 Å². The van der Waals surface area contributed by atoms with E-state index in [4.69, 9.17) is 5.73 Å². The number of hydrogen-bond acceptors (Lipinski definition) is 3. The Balaban J connectivity index is 3.20. The van der Waals surface area contributed by atoms with Crippen LogP contribution >= 0.6 is 15.9 Å². The SMILES string of the molecule is NCC(F)c1cccc([N+](=O)[O-])c1Br. The zero-order valence-corrected chi connectivity index (χ0v) is 8.70. The molecule has 0 aliphatic carbocycles. The molecule has 76 valence electrons. The summed E-state index contributed by atoms with van der Waals surface area (Å²) < 4.78 is 13.3. The van der Waals surface area contributed by atoms with Gasteiger partial charge in [-0.15, -0.1) is 0 Å². The number of benzene rings is 1. The van der Waals surface area contributed by atoms with Crippen LogP contribution < -0.4 is 5.73 Å². The van der Waals surface area contributed by atoms with Gasteiger partial charge in [0, 0.05) is 18.2 Å². The summed E-state index contributed by atoms with van der Waals surface area (Å²) in [7, 11) is 0. The number of nitro benzene ring substituents is 1. The molecule has 0 spiro atoms. The number of nitrogens with zero attached hydrogens (tertiary/aromatic N) is 1. The molecule has 0 bridgehead atoms. The molecule has 1 aromatic carbocycles. The molecule has 0 saturated heterocycles. The maximum Gasteiger partial charge on any atom is 0.283 e. The summed E-state index contributed by atoms with van der Waals surface area (Å²) in [5.41, 5.74) is 5.19. The van der Waals surface area contributed by atoms with Crippen molar-refractivity contribution in [3.05, 3.63) is 38.3 Å². The maximum atomic E-state index is 13.2. The fourth-order valence-corrected chi connectivity index (χ4v) is 1.70. The number of rotatable bonds is 3. The van der Waals surface area contributed by atoms with Gasteiger partial charge in [-0.05, 0) is 15.9 Å². The third kappa shape index (κ3) is 2.08. The lowest BCUT2D eigenvalue weighted by Gasteiger charge is -2.07. The van der Waals surface area contributed by atoms with E-state index in [0.717, 1.165) is 0 Å². The Bertz CT molecular complexity index is 359. The number of alkyl halides is 1. The highest BCUT2D eigenvalue weighted by Gasteiger charge is 2.19. The first-order chi connectivity index (χ1) is 6.57. The Morgan fingerprint density at radius 3 is 2.79 bits per heavy atom. The summed E-state index contributed by atoms with van der Waals surface area (Å²) in [6, 6.07) is 4.20. The van der Waals surface area contributed by atoms with Crippen LogP contribution in [0.4, 0.5) is 10.1 Å². The molecule has 0 aliphatic rings. The molecule has 2 N–H and O–H groups in total. The molecule has 0 radical (unpaired) electrons. The molecule has 0 heterocycles. The van der Waals surface area contributed by atoms with Crippen molar-refractivity contribution in [3.63, 3.8) is 0 Å². The lowest BCUT2D eigenvalue weighted by atomic mass is 10.1. The van der Waals surface area contributed by atoms with Gasteiger partial charge in [0.1, 0.15) is 10.6 Å². The van der Waals surface area contributed by atoms with Crippen LogP contribution in [0.25, 0.3) is 0 Å². The Morgan fingerprint density at radius 2 is 2.29 bits per heavy atom. The standard InChI is InChI=1S/C8H8BrFN2O2/c9-8-5(6(10)4-11)2-1-3-7(8)12(13)14/h1-3,6H,4,11H2. The van der Waals surface area contributed by atoms with Crippen LogP contribution in [0.5, 0.6) is 0 Å². The van der Waals surface area contributed by atoms with Crippen molar-refractivity contribution in [2.75, 3.05) is 6.54 Å². The van der Waals surface area contributed by atoms with Crippen molar-refractivity contribution in [2.24, 2.45) is 5.73 Å². The van der Waals surface area contributed by atoms with Gasteiger partial charge in [-0.3, -0.25) is 10.1 Å². The van der Waals surface area contributed by atoms with E-state index in [2.05, 4.69) is 15.9 Å². The predicted molar refractivity (Wildman–Crippen MR) is 53.7 cm³/mol. The van der Waals surface area contributed by atoms with Gasteiger partial charge >= 0.3 is 0 Å². The highest BCUT2D eigenvalue weighted by molar-refractivity contribution is 9.10. The van der Waals surface area contributed by atoms with E-state index in [-0.39, 0.29) is 22.3 Å². The number of nitrogens with two attached hydrogens (primary N) is 1. The van der Waals surface area contributed by atoms with Crippen molar-refractivity contribution < 1.29 is 9.31 Å². The third-order valence-electron chi connectivity index (χ3n) is 1.75. The Hall–Kier alpha value is -1.01.